The molecule has 0 aliphatic heterocycles. The van der Waals surface area contributed by atoms with Gasteiger partial charge in [0.25, 0.3) is 0 Å². The van der Waals surface area contributed by atoms with Gasteiger partial charge in [-0.15, -0.1) is 12.4 Å². The van der Waals surface area contributed by atoms with Gasteiger partial charge in [-0.25, -0.2) is 0 Å². The van der Waals surface area contributed by atoms with Crippen LogP contribution in [0.15, 0.2) is 66.2 Å². The van der Waals surface area contributed by atoms with Crippen molar-refractivity contribution in [1.82, 2.24) is 31.1 Å². The Kier molecular flexibility index (Phi) is 9.82. The van der Waals surface area contributed by atoms with Crippen LogP contribution in [0.3, 0.4) is 0 Å². The molecule has 0 spiro atoms. The summed E-state index contributed by atoms with van der Waals surface area (Å²) in [5.74, 6) is 4.53. The number of H-pyrrole nitrogens is 1. The van der Waals surface area contributed by atoms with Crippen LogP contribution in [0, 0.1) is 0 Å². The highest BCUT2D eigenvalue weighted by Crippen LogP contribution is 2.11. The Morgan fingerprint density at radius 3 is 2.38 bits per heavy atom. The summed E-state index contributed by atoms with van der Waals surface area (Å²) in [6, 6.07) is 12.2. The summed E-state index contributed by atoms with van der Waals surface area (Å²) in [4.78, 5) is 28.8. The lowest BCUT2D eigenvalue weighted by atomic mass is 10.1. The van der Waals surface area contributed by atoms with Crippen LogP contribution in [0.4, 0.5) is 0 Å². The third-order valence-corrected chi connectivity index (χ3v) is 4.47. The Labute approximate surface area is 191 Å². The molecule has 0 aliphatic rings. The number of aromatic amines is 1. The van der Waals surface area contributed by atoms with Crippen molar-refractivity contribution in [1.29, 1.82) is 0 Å². The van der Waals surface area contributed by atoms with Gasteiger partial charge in [0.05, 0.1) is 18.5 Å². The van der Waals surface area contributed by atoms with Crippen molar-refractivity contribution in [2.24, 2.45) is 10.9 Å². The average molecular weight is 457 g/mol. The number of amides is 2. The molecule has 1 atom stereocenters. The fourth-order valence-electron chi connectivity index (χ4n) is 2.83. The van der Waals surface area contributed by atoms with Crippen LogP contribution in [-0.4, -0.2) is 39.8 Å². The van der Waals surface area contributed by atoms with Crippen LogP contribution in [0.1, 0.15) is 28.4 Å². The first kappa shape index (κ1) is 24.5. The highest BCUT2D eigenvalue weighted by molar-refractivity contribution is 5.88. The first-order chi connectivity index (χ1) is 15.2. The number of hydrogen-bond acceptors (Lipinski definition) is 7. The normalized spacial score (nSPS) is 11.5. The van der Waals surface area contributed by atoms with Crippen molar-refractivity contribution in [3.8, 4) is 0 Å². The van der Waals surface area contributed by atoms with Crippen molar-refractivity contribution in [3.63, 3.8) is 0 Å². The molecule has 1 unspecified atom stereocenters. The monoisotopic (exact) mass is 456 g/mol. The zero-order valence-electron chi connectivity index (χ0n) is 17.2. The van der Waals surface area contributed by atoms with E-state index in [9.17, 15) is 9.59 Å². The number of hydrazone groups is 1. The molecule has 0 saturated carbocycles. The van der Waals surface area contributed by atoms with Gasteiger partial charge >= 0.3 is 0 Å². The van der Waals surface area contributed by atoms with Crippen molar-refractivity contribution < 1.29 is 9.59 Å². The van der Waals surface area contributed by atoms with Gasteiger partial charge < -0.3 is 16.5 Å². The molecule has 2 heterocycles. The SMILES string of the molecule is Cl.NN=Cc1ccc(CNC(C(=O)NCC(=O)NCc2ccncc2)c2ccn[nH]2)cc1. The molecular formula is C21H25ClN8O2. The van der Waals surface area contributed by atoms with Crippen molar-refractivity contribution >= 4 is 30.4 Å². The van der Waals surface area contributed by atoms with Gasteiger partial charge in [-0.1, -0.05) is 24.3 Å². The Balaban J connectivity index is 0.00000363. The third kappa shape index (κ3) is 7.49. The molecule has 0 bridgehead atoms. The van der Waals surface area contributed by atoms with Crippen LogP contribution in [0.5, 0.6) is 0 Å². The number of pyridine rings is 1. The zero-order chi connectivity index (χ0) is 21.9. The van der Waals surface area contributed by atoms with E-state index in [1.807, 2.05) is 36.4 Å². The number of carbonyl (C=O) groups excluding carboxylic acids is 2. The molecule has 10 nitrogen and oxygen atoms in total. The molecule has 1 aromatic carbocycles. The highest BCUT2D eigenvalue weighted by Gasteiger charge is 2.22. The Morgan fingerprint density at radius 2 is 1.72 bits per heavy atom. The highest BCUT2D eigenvalue weighted by atomic mass is 35.5. The van der Waals surface area contributed by atoms with Gasteiger partial charge in [0, 0.05) is 31.7 Å². The molecule has 0 fully saturated rings. The van der Waals surface area contributed by atoms with E-state index in [0.717, 1.165) is 16.7 Å². The largest absolute Gasteiger partial charge is 0.350 e. The molecule has 11 heteroatoms. The third-order valence-electron chi connectivity index (χ3n) is 4.47. The van der Waals surface area contributed by atoms with E-state index in [-0.39, 0.29) is 30.8 Å². The van der Waals surface area contributed by atoms with Gasteiger partial charge in [0.2, 0.25) is 11.8 Å². The molecular weight excluding hydrogens is 432 g/mol. The van der Waals surface area contributed by atoms with Gasteiger partial charge in [-0.3, -0.25) is 25.0 Å². The summed E-state index contributed by atoms with van der Waals surface area (Å²) >= 11 is 0. The minimum absolute atomic E-state index is 0. The summed E-state index contributed by atoms with van der Waals surface area (Å²) in [7, 11) is 0. The minimum atomic E-state index is -0.694. The maximum absolute atomic E-state index is 12.7. The van der Waals surface area contributed by atoms with Crippen LogP contribution in [0.25, 0.3) is 0 Å². The summed E-state index contributed by atoms with van der Waals surface area (Å²) in [5, 5.41) is 18.8. The topological polar surface area (TPSA) is 150 Å². The second kappa shape index (κ2) is 12.8. The lowest BCUT2D eigenvalue weighted by molar-refractivity contribution is -0.127. The predicted octanol–water partition coefficient (Wildman–Crippen LogP) is 0.783. The van der Waals surface area contributed by atoms with Crippen LogP contribution >= 0.6 is 12.4 Å². The molecule has 0 saturated heterocycles. The molecule has 168 valence electrons. The first-order valence-corrected chi connectivity index (χ1v) is 9.64. The fraction of sp³-hybridized carbons (Fsp3) is 0.190. The fourth-order valence-corrected chi connectivity index (χ4v) is 2.83. The van der Waals surface area contributed by atoms with Crippen molar-refractivity contribution in [2.45, 2.75) is 19.1 Å². The smallest absolute Gasteiger partial charge is 0.243 e. The van der Waals surface area contributed by atoms with Gasteiger partial charge in [-0.05, 0) is 34.9 Å². The van der Waals surface area contributed by atoms with E-state index >= 15 is 0 Å². The van der Waals surface area contributed by atoms with Crippen molar-refractivity contribution in [2.75, 3.05) is 6.54 Å². The Bertz CT molecular complexity index is 994. The maximum Gasteiger partial charge on any atom is 0.243 e. The standard InChI is InChI=1S/C21H24N8O2.ClH/c22-27-13-16-3-1-15(2-4-16)12-25-20(18-7-10-28-29-18)21(31)26-14-19(30)24-11-17-5-8-23-9-6-17;/h1-10,13,20,25H,11-12,14,22H2,(H,24,30)(H,26,31)(H,28,29);1H. The average Bonchev–Trinajstić information content (AvgIpc) is 3.33. The predicted molar refractivity (Wildman–Crippen MR) is 123 cm³/mol. The number of aromatic nitrogens is 3. The van der Waals surface area contributed by atoms with Gasteiger partial charge in [0.15, 0.2) is 0 Å². The molecule has 0 aliphatic carbocycles. The lowest BCUT2D eigenvalue weighted by Crippen LogP contribution is -2.42. The van der Waals surface area contributed by atoms with Crippen LogP contribution in [0.2, 0.25) is 0 Å². The number of nitrogens with one attached hydrogen (secondary N) is 4. The molecule has 6 N–H and O–H groups in total. The van der Waals surface area contributed by atoms with Gasteiger partial charge in [0.1, 0.15) is 6.04 Å². The molecule has 2 aromatic heterocycles. The summed E-state index contributed by atoms with van der Waals surface area (Å²) in [6.07, 6.45) is 6.43. The maximum atomic E-state index is 12.7. The van der Waals surface area contributed by atoms with E-state index in [1.165, 1.54) is 0 Å². The number of halogens is 1. The van der Waals surface area contributed by atoms with Crippen LogP contribution in [-0.2, 0) is 22.7 Å². The molecule has 2 amide bonds. The number of nitrogens with zero attached hydrogens (tertiary/aromatic N) is 3. The zero-order valence-corrected chi connectivity index (χ0v) is 18.0. The number of carbonyl (C=O) groups is 2. The quantitative estimate of drug-likeness (QED) is 0.173. The number of benzene rings is 1. The van der Waals surface area contributed by atoms with E-state index in [0.29, 0.717) is 18.8 Å². The Morgan fingerprint density at radius 1 is 1.00 bits per heavy atom. The minimum Gasteiger partial charge on any atom is -0.350 e. The van der Waals surface area contributed by atoms with E-state index in [2.05, 4.69) is 36.2 Å². The number of nitrogens with two attached hydrogens (primary N) is 1. The van der Waals surface area contributed by atoms with E-state index in [1.54, 1.807) is 30.9 Å². The molecule has 32 heavy (non-hydrogen) atoms. The van der Waals surface area contributed by atoms with Gasteiger partial charge in [-0.2, -0.15) is 10.2 Å². The lowest BCUT2D eigenvalue weighted by Gasteiger charge is -2.17. The summed E-state index contributed by atoms with van der Waals surface area (Å²) in [5.41, 5.74) is 3.38. The molecule has 0 radical (unpaired) electrons. The Hall–Kier alpha value is -3.76. The first-order valence-electron chi connectivity index (χ1n) is 9.64. The van der Waals surface area contributed by atoms with E-state index in [4.69, 9.17) is 5.84 Å². The van der Waals surface area contributed by atoms with Crippen molar-refractivity contribution in [3.05, 3.63) is 83.4 Å². The van der Waals surface area contributed by atoms with E-state index < -0.39 is 6.04 Å². The summed E-state index contributed by atoms with van der Waals surface area (Å²) in [6.45, 7) is 0.666. The second-order valence-corrected chi connectivity index (χ2v) is 6.70. The molecule has 3 aromatic rings. The second-order valence-electron chi connectivity index (χ2n) is 6.70. The molecule has 3 rings (SSSR count). The summed E-state index contributed by atoms with van der Waals surface area (Å²) < 4.78 is 0. The van der Waals surface area contributed by atoms with Crippen LogP contribution < -0.4 is 21.8 Å². The number of rotatable bonds is 10. The number of hydrogen-bond donors (Lipinski definition) is 5.